The van der Waals surface area contributed by atoms with E-state index in [1.807, 2.05) is 17.5 Å². The van der Waals surface area contributed by atoms with E-state index in [1.54, 1.807) is 12.4 Å². The summed E-state index contributed by atoms with van der Waals surface area (Å²) in [5, 5.41) is 0. The molecule has 0 bridgehead atoms. The van der Waals surface area contributed by atoms with E-state index < -0.39 is 0 Å². The number of hydrogen-bond acceptors (Lipinski definition) is 2. The van der Waals surface area contributed by atoms with Crippen LogP contribution in [0, 0.1) is 6.92 Å². The van der Waals surface area contributed by atoms with Crippen molar-refractivity contribution in [2.75, 3.05) is 0 Å². The molecule has 0 aromatic carbocycles. The van der Waals surface area contributed by atoms with Gasteiger partial charge in [0, 0.05) is 18.1 Å². The van der Waals surface area contributed by atoms with Gasteiger partial charge in [-0.05, 0) is 6.92 Å². The summed E-state index contributed by atoms with van der Waals surface area (Å²) in [5.41, 5.74) is 1.69. The van der Waals surface area contributed by atoms with Crippen molar-refractivity contribution in [3.8, 4) is 0 Å². The average molecular weight is 143 g/mol. The fraction of sp³-hybridized carbons (Fsp3) is 0.143. The van der Waals surface area contributed by atoms with Crippen molar-refractivity contribution in [2.24, 2.45) is 0 Å². The highest BCUT2D eigenvalue weighted by Gasteiger charge is 1.97. The van der Waals surface area contributed by atoms with Gasteiger partial charge >= 0.3 is 0 Å². The topological polar surface area (TPSA) is 30.2 Å². The van der Waals surface area contributed by atoms with Gasteiger partial charge in [-0.1, -0.05) is 5.46 Å². The molecule has 0 atom stereocenters. The summed E-state index contributed by atoms with van der Waals surface area (Å²) < 4.78 is 1.86. The Morgan fingerprint density at radius 3 is 2.91 bits per heavy atom. The molecule has 2 heterocycles. The Morgan fingerprint density at radius 2 is 2.09 bits per heavy atom. The van der Waals surface area contributed by atoms with Crippen LogP contribution in [0.5, 0.6) is 0 Å². The largest absolute Gasteiger partial charge is 0.289 e. The minimum absolute atomic E-state index is 0.651. The van der Waals surface area contributed by atoms with Gasteiger partial charge in [0.15, 0.2) is 0 Å². The Balaban J connectivity index is 2.87. The summed E-state index contributed by atoms with van der Waals surface area (Å²) in [4.78, 5) is 8.08. The van der Waals surface area contributed by atoms with Crippen LogP contribution >= 0.6 is 0 Å². The predicted octanol–water partition coefficient (Wildman–Crippen LogP) is -0.168. The molecule has 0 spiro atoms. The summed E-state index contributed by atoms with van der Waals surface area (Å²) in [6.07, 6.45) is 5.17. The second kappa shape index (κ2) is 2.08. The molecule has 0 saturated carbocycles. The van der Waals surface area contributed by atoms with Gasteiger partial charge in [0.05, 0.1) is 6.20 Å². The van der Waals surface area contributed by atoms with Gasteiger partial charge < -0.3 is 0 Å². The van der Waals surface area contributed by atoms with Gasteiger partial charge in [-0.15, -0.1) is 0 Å². The maximum absolute atomic E-state index is 5.54. The molecule has 0 aliphatic carbocycles. The monoisotopic (exact) mass is 143 g/mol. The SMILES string of the molecule is [B]c1cnc2ncc(C)n2c1. The Kier molecular flexibility index (Phi) is 1.21. The fourth-order valence-corrected chi connectivity index (χ4v) is 1.00. The lowest BCUT2D eigenvalue weighted by atomic mass is 10.0. The van der Waals surface area contributed by atoms with Gasteiger partial charge in [-0.2, -0.15) is 0 Å². The molecule has 0 N–H and O–H groups in total. The van der Waals surface area contributed by atoms with E-state index >= 15 is 0 Å². The smallest absolute Gasteiger partial charge is 0.233 e. The van der Waals surface area contributed by atoms with Crippen molar-refractivity contribution < 1.29 is 0 Å². The molecule has 0 aliphatic rings. The minimum atomic E-state index is 0.651. The van der Waals surface area contributed by atoms with E-state index in [9.17, 15) is 0 Å². The minimum Gasteiger partial charge on any atom is -0.289 e. The molecule has 3 nitrogen and oxygen atoms in total. The normalized spacial score (nSPS) is 10.6. The Labute approximate surface area is 65.5 Å². The van der Waals surface area contributed by atoms with Crippen molar-refractivity contribution in [2.45, 2.75) is 6.92 Å². The maximum atomic E-state index is 5.54. The van der Waals surface area contributed by atoms with Crippen LogP contribution in [0.2, 0.25) is 0 Å². The van der Waals surface area contributed by atoms with Crippen LogP contribution in [0.25, 0.3) is 5.78 Å². The van der Waals surface area contributed by atoms with E-state index in [1.165, 1.54) is 0 Å². The zero-order valence-electron chi connectivity index (χ0n) is 6.15. The van der Waals surface area contributed by atoms with Crippen molar-refractivity contribution in [3.63, 3.8) is 0 Å². The lowest BCUT2D eigenvalue weighted by molar-refractivity contribution is 1.07. The third kappa shape index (κ3) is 0.907. The summed E-state index contributed by atoms with van der Waals surface area (Å²) in [6, 6.07) is 0. The van der Waals surface area contributed by atoms with Gasteiger partial charge in [-0.25, -0.2) is 9.97 Å². The van der Waals surface area contributed by atoms with Gasteiger partial charge in [0.25, 0.3) is 0 Å². The maximum Gasteiger partial charge on any atom is 0.233 e. The highest BCUT2D eigenvalue weighted by Crippen LogP contribution is 1.98. The zero-order valence-corrected chi connectivity index (χ0v) is 6.15. The summed E-state index contributed by atoms with van der Waals surface area (Å²) in [7, 11) is 5.54. The van der Waals surface area contributed by atoms with Gasteiger partial charge in [0.2, 0.25) is 5.78 Å². The van der Waals surface area contributed by atoms with E-state index in [0.717, 1.165) is 5.69 Å². The van der Waals surface area contributed by atoms with Gasteiger partial charge in [-0.3, -0.25) is 4.40 Å². The second-order valence-corrected chi connectivity index (χ2v) is 2.46. The Hall–Kier alpha value is -1.32. The summed E-state index contributed by atoms with van der Waals surface area (Å²) >= 11 is 0. The molecule has 2 rings (SSSR count). The summed E-state index contributed by atoms with van der Waals surface area (Å²) in [5.74, 6) is 0.691. The third-order valence-electron chi connectivity index (χ3n) is 1.57. The van der Waals surface area contributed by atoms with Crippen LogP contribution in [0.15, 0.2) is 18.6 Å². The van der Waals surface area contributed by atoms with E-state index in [-0.39, 0.29) is 0 Å². The second-order valence-electron chi connectivity index (χ2n) is 2.46. The van der Waals surface area contributed by atoms with Crippen molar-refractivity contribution in [1.82, 2.24) is 14.4 Å². The first kappa shape index (κ1) is 6.40. The van der Waals surface area contributed by atoms with Crippen LogP contribution in [0.3, 0.4) is 0 Å². The van der Waals surface area contributed by atoms with Crippen molar-refractivity contribution in [1.29, 1.82) is 0 Å². The molecule has 52 valence electrons. The number of fused-ring (bicyclic) bond motifs is 1. The quantitative estimate of drug-likeness (QED) is 0.479. The number of hydrogen-bond donors (Lipinski definition) is 0. The number of nitrogens with zero attached hydrogens (tertiary/aromatic N) is 3. The summed E-state index contributed by atoms with van der Waals surface area (Å²) in [6.45, 7) is 1.96. The molecular formula is C7H6BN3. The Morgan fingerprint density at radius 1 is 1.36 bits per heavy atom. The standard InChI is InChI=1S/C7H6BN3/c1-5-2-9-7-10-3-6(8)4-11(5)7/h2-4H,1H3. The van der Waals surface area contributed by atoms with Crippen LogP contribution in [-0.4, -0.2) is 22.2 Å². The molecule has 0 amide bonds. The fourth-order valence-electron chi connectivity index (χ4n) is 1.00. The molecule has 4 heteroatoms. The molecule has 2 aromatic rings. The van der Waals surface area contributed by atoms with E-state index in [2.05, 4.69) is 9.97 Å². The number of aryl methyl sites for hydroxylation is 1. The van der Waals surface area contributed by atoms with Gasteiger partial charge in [0.1, 0.15) is 7.85 Å². The van der Waals surface area contributed by atoms with E-state index in [0.29, 0.717) is 11.2 Å². The molecule has 2 radical (unpaired) electrons. The third-order valence-corrected chi connectivity index (χ3v) is 1.57. The van der Waals surface area contributed by atoms with Crippen LogP contribution in [0.1, 0.15) is 5.69 Å². The molecule has 0 fully saturated rings. The first-order chi connectivity index (χ1) is 5.27. The Bertz CT molecular complexity index is 393. The molecule has 2 aromatic heterocycles. The van der Waals surface area contributed by atoms with Crippen LogP contribution in [0.4, 0.5) is 0 Å². The molecule has 0 saturated heterocycles. The number of aromatic nitrogens is 3. The van der Waals surface area contributed by atoms with Crippen molar-refractivity contribution in [3.05, 3.63) is 24.3 Å². The number of rotatable bonds is 0. The molecule has 11 heavy (non-hydrogen) atoms. The molecule has 0 aliphatic heterocycles. The highest BCUT2D eigenvalue weighted by atomic mass is 15.1. The number of imidazole rings is 1. The van der Waals surface area contributed by atoms with Crippen molar-refractivity contribution >= 4 is 19.1 Å². The first-order valence-electron chi connectivity index (χ1n) is 3.32. The zero-order chi connectivity index (χ0) is 7.84. The highest BCUT2D eigenvalue weighted by molar-refractivity contribution is 6.31. The predicted molar refractivity (Wildman–Crippen MR) is 43.1 cm³/mol. The lowest BCUT2D eigenvalue weighted by Crippen LogP contribution is -2.07. The molecular weight excluding hydrogens is 137 g/mol. The average Bonchev–Trinajstić information content (AvgIpc) is 2.33. The van der Waals surface area contributed by atoms with E-state index in [4.69, 9.17) is 7.85 Å². The first-order valence-corrected chi connectivity index (χ1v) is 3.32. The lowest BCUT2D eigenvalue weighted by Gasteiger charge is -1.95. The van der Waals surface area contributed by atoms with Crippen LogP contribution in [-0.2, 0) is 0 Å². The van der Waals surface area contributed by atoms with Crippen LogP contribution < -0.4 is 5.46 Å². The molecule has 0 unspecified atom stereocenters.